The van der Waals surface area contributed by atoms with Crippen LogP contribution in [-0.2, 0) is 0 Å². The molecule has 1 heterocycles. The molecule has 0 spiro atoms. The van der Waals surface area contributed by atoms with E-state index in [9.17, 15) is 4.79 Å². The summed E-state index contributed by atoms with van der Waals surface area (Å²) in [5.74, 6) is -0.282. The van der Waals surface area contributed by atoms with Crippen molar-refractivity contribution in [2.45, 2.75) is 12.8 Å². The van der Waals surface area contributed by atoms with Gasteiger partial charge in [0.05, 0.1) is 0 Å². The van der Waals surface area contributed by atoms with Gasteiger partial charge >= 0.3 is 0 Å². The lowest BCUT2D eigenvalue weighted by atomic mass is 9.80. The molecule has 0 saturated carbocycles. The first-order valence-corrected chi connectivity index (χ1v) is 11.8. The molecular formula is C33H27NO. The Balaban J connectivity index is 1.78. The van der Waals surface area contributed by atoms with Crippen LogP contribution < -0.4 is 0 Å². The zero-order valence-corrected chi connectivity index (χ0v) is 19.8. The highest BCUT2D eigenvalue weighted by Gasteiger charge is 2.33. The van der Waals surface area contributed by atoms with Crippen LogP contribution in [0.5, 0.6) is 0 Å². The zero-order valence-electron chi connectivity index (χ0n) is 19.8. The number of carbonyl (C=O) groups excluding carboxylic acids is 1. The summed E-state index contributed by atoms with van der Waals surface area (Å²) in [7, 11) is 0. The lowest BCUT2D eigenvalue weighted by molar-refractivity contribution is 0.0855. The third-order valence-electron chi connectivity index (χ3n) is 6.54. The van der Waals surface area contributed by atoms with E-state index < -0.39 is 0 Å². The smallest absolute Gasteiger partial charge is 0.262 e. The second-order valence-corrected chi connectivity index (χ2v) is 8.69. The van der Waals surface area contributed by atoms with Crippen LogP contribution in [-0.4, -0.2) is 10.8 Å². The average Bonchev–Trinajstić information content (AvgIpc) is 3.04. The van der Waals surface area contributed by atoms with E-state index in [0.29, 0.717) is 5.56 Å². The van der Waals surface area contributed by atoms with Gasteiger partial charge in [0.15, 0.2) is 0 Å². The maximum absolute atomic E-state index is 13.9. The van der Waals surface area contributed by atoms with Crippen LogP contribution in [0.15, 0.2) is 145 Å². The molecule has 0 unspecified atom stereocenters. The fraction of sp³-hybridized carbons (Fsp3) is 0.0606. The van der Waals surface area contributed by atoms with Crippen LogP contribution in [0, 0.1) is 0 Å². The molecule has 1 aliphatic rings. The van der Waals surface area contributed by atoms with Crippen molar-refractivity contribution >= 4 is 17.1 Å². The molecule has 5 rings (SSSR count). The highest BCUT2D eigenvalue weighted by atomic mass is 16.2. The number of allylic oxidation sites excluding steroid dienone is 3. The van der Waals surface area contributed by atoms with Crippen molar-refractivity contribution in [3.05, 3.63) is 168 Å². The van der Waals surface area contributed by atoms with Crippen molar-refractivity contribution in [1.29, 1.82) is 0 Å². The second kappa shape index (κ2) is 9.82. The van der Waals surface area contributed by atoms with Gasteiger partial charge in [-0.25, -0.2) is 0 Å². The first-order valence-electron chi connectivity index (χ1n) is 11.8. The van der Waals surface area contributed by atoms with Gasteiger partial charge in [0.2, 0.25) is 0 Å². The van der Waals surface area contributed by atoms with E-state index in [0.717, 1.165) is 39.1 Å². The maximum Gasteiger partial charge on any atom is 0.262 e. The van der Waals surface area contributed by atoms with E-state index in [4.69, 9.17) is 0 Å². The highest BCUT2D eigenvalue weighted by molar-refractivity contribution is 6.00. The molecule has 2 heteroatoms. The standard InChI is InChI=1S/C33H27NO/c1-24-30(26-15-7-3-8-16-26)23-34(33(35)29-21-13-6-14-22-29)25(2)32(28-19-11-5-12-20-28)31(24)27-17-9-4-10-18-27/h3-23,32H,2H2,1H3/t32-/m1/s1. The predicted octanol–water partition coefficient (Wildman–Crippen LogP) is 7.95. The lowest BCUT2D eigenvalue weighted by Crippen LogP contribution is -2.27. The number of hydrogen-bond acceptors (Lipinski definition) is 1. The summed E-state index contributed by atoms with van der Waals surface area (Å²) in [6, 6.07) is 40.4. The number of nitrogens with zero attached hydrogens (tertiary/aromatic N) is 1. The molecule has 4 aromatic rings. The van der Waals surface area contributed by atoms with E-state index in [1.165, 1.54) is 0 Å². The highest BCUT2D eigenvalue weighted by Crippen LogP contribution is 2.46. The SMILES string of the molecule is C=C1[C@H](c2ccccc2)C(c2ccccc2)=C(C)C(c2ccccc2)=CN1C(=O)c1ccccc1. The van der Waals surface area contributed by atoms with Crippen molar-refractivity contribution < 1.29 is 4.79 Å². The molecule has 35 heavy (non-hydrogen) atoms. The summed E-state index contributed by atoms with van der Waals surface area (Å²) in [6.45, 7) is 6.68. The first-order chi connectivity index (χ1) is 17.1. The molecule has 0 fully saturated rings. The number of benzene rings is 4. The van der Waals surface area contributed by atoms with Gasteiger partial charge in [-0.3, -0.25) is 9.69 Å². The summed E-state index contributed by atoms with van der Waals surface area (Å²) < 4.78 is 0. The van der Waals surface area contributed by atoms with Crippen LogP contribution in [0.1, 0.15) is 39.9 Å². The van der Waals surface area contributed by atoms with Gasteiger partial charge < -0.3 is 0 Å². The first kappa shape index (κ1) is 22.4. The van der Waals surface area contributed by atoms with Gasteiger partial charge in [0.1, 0.15) is 0 Å². The van der Waals surface area contributed by atoms with Crippen molar-refractivity contribution in [1.82, 2.24) is 4.90 Å². The third kappa shape index (κ3) is 4.39. The van der Waals surface area contributed by atoms with Gasteiger partial charge in [0.25, 0.3) is 5.91 Å². The number of hydrogen-bond donors (Lipinski definition) is 0. The van der Waals surface area contributed by atoms with Crippen LogP contribution in [0.2, 0.25) is 0 Å². The second-order valence-electron chi connectivity index (χ2n) is 8.69. The molecule has 2 nitrogen and oxygen atoms in total. The van der Waals surface area contributed by atoms with E-state index >= 15 is 0 Å². The minimum Gasteiger partial charge on any atom is -0.287 e. The van der Waals surface area contributed by atoms with Crippen molar-refractivity contribution in [2.75, 3.05) is 0 Å². The van der Waals surface area contributed by atoms with Crippen LogP contribution >= 0.6 is 0 Å². The minimum absolute atomic E-state index is 0.0907. The molecule has 0 aliphatic carbocycles. The van der Waals surface area contributed by atoms with Crippen LogP contribution in [0.25, 0.3) is 11.1 Å². The topological polar surface area (TPSA) is 20.3 Å². The molecule has 1 amide bonds. The van der Waals surface area contributed by atoms with E-state index in [1.54, 1.807) is 4.90 Å². The Morgan fingerprint density at radius 3 is 1.74 bits per heavy atom. The molecular weight excluding hydrogens is 426 g/mol. The van der Waals surface area contributed by atoms with Crippen molar-refractivity contribution in [2.24, 2.45) is 0 Å². The summed E-state index contributed by atoms with van der Waals surface area (Å²) in [5, 5.41) is 0. The van der Waals surface area contributed by atoms with Crippen molar-refractivity contribution in [3.8, 4) is 0 Å². The number of amides is 1. The molecule has 0 saturated heterocycles. The minimum atomic E-state index is -0.191. The van der Waals surface area contributed by atoms with Crippen LogP contribution in [0.4, 0.5) is 0 Å². The van der Waals surface area contributed by atoms with Crippen LogP contribution in [0.3, 0.4) is 0 Å². The molecule has 4 aromatic carbocycles. The van der Waals surface area contributed by atoms with Gasteiger partial charge in [0, 0.05) is 29.0 Å². The summed E-state index contributed by atoms with van der Waals surface area (Å²) in [6.07, 6.45) is 1.97. The molecule has 1 atom stereocenters. The lowest BCUT2D eigenvalue weighted by Gasteiger charge is -2.29. The molecule has 170 valence electrons. The molecule has 0 radical (unpaired) electrons. The Bertz CT molecular complexity index is 1400. The van der Waals surface area contributed by atoms with E-state index in [-0.39, 0.29) is 11.8 Å². The quantitative estimate of drug-likeness (QED) is 0.307. The largest absolute Gasteiger partial charge is 0.287 e. The molecule has 0 aromatic heterocycles. The fourth-order valence-electron chi connectivity index (χ4n) is 4.80. The summed E-state index contributed by atoms with van der Waals surface area (Å²) >= 11 is 0. The van der Waals surface area contributed by atoms with Gasteiger partial charge in [-0.2, -0.15) is 0 Å². The van der Waals surface area contributed by atoms with Gasteiger partial charge in [-0.1, -0.05) is 116 Å². The normalized spacial score (nSPS) is 16.0. The predicted molar refractivity (Wildman–Crippen MR) is 144 cm³/mol. The summed E-state index contributed by atoms with van der Waals surface area (Å²) in [4.78, 5) is 15.6. The van der Waals surface area contributed by atoms with E-state index in [2.05, 4.69) is 62.0 Å². The third-order valence-corrected chi connectivity index (χ3v) is 6.54. The van der Waals surface area contributed by atoms with Gasteiger partial charge in [-0.15, -0.1) is 0 Å². The summed E-state index contributed by atoms with van der Waals surface area (Å²) in [5.41, 5.74) is 7.93. The maximum atomic E-state index is 13.9. The molecule has 0 bridgehead atoms. The Hall–Kier alpha value is -4.43. The zero-order chi connectivity index (χ0) is 24.2. The Morgan fingerprint density at radius 2 is 1.17 bits per heavy atom. The molecule has 1 aliphatic heterocycles. The van der Waals surface area contributed by atoms with Crippen molar-refractivity contribution in [3.63, 3.8) is 0 Å². The van der Waals surface area contributed by atoms with E-state index in [1.807, 2.05) is 79.0 Å². The average molecular weight is 454 g/mol. The van der Waals surface area contributed by atoms with Gasteiger partial charge in [-0.05, 0) is 46.9 Å². The monoisotopic (exact) mass is 453 g/mol. The molecule has 0 N–H and O–H groups in total. The number of rotatable bonds is 4. The fourth-order valence-corrected chi connectivity index (χ4v) is 4.80. The Kier molecular flexibility index (Phi) is 6.28. The Morgan fingerprint density at radius 1 is 0.686 bits per heavy atom. The number of carbonyl (C=O) groups is 1. The Labute approximate surface area is 207 Å².